The van der Waals surface area contributed by atoms with Crippen molar-refractivity contribution < 1.29 is 4.79 Å². The highest BCUT2D eigenvalue weighted by molar-refractivity contribution is 5.98. The molecule has 0 bridgehead atoms. The lowest BCUT2D eigenvalue weighted by atomic mass is 10.1. The second kappa shape index (κ2) is 7.87. The summed E-state index contributed by atoms with van der Waals surface area (Å²) in [6, 6.07) is 12.2. The van der Waals surface area contributed by atoms with E-state index in [0.717, 1.165) is 49.8 Å². The standard InChI is InChI=1S/C21H26N4O/c26-21(10-15-23-13-4-1-5-14-23)25-17-16-24(18-8-11-22-12-9-18)19-6-2-3-7-20(19)25/h2-3,6-9,11-12H,1,4-5,10,13-17H2. The molecule has 1 amide bonds. The normalized spacial score (nSPS) is 17.8. The third kappa shape index (κ3) is 3.58. The van der Waals surface area contributed by atoms with E-state index < -0.39 is 0 Å². The van der Waals surface area contributed by atoms with Gasteiger partial charge in [-0.3, -0.25) is 9.78 Å². The Balaban J connectivity index is 1.49. The molecule has 136 valence electrons. The van der Waals surface area contributed by atoms with Gasteiger partial charge in [0.2, 0.25) is 5.91 Å². The van der Waals surface area contributed by atoms with Crippen LogP contribution in [-0.2, 0) is 4.79 Å². The molecule has 3 heterocycles. The highest BCUT2D eigenvalue weighted by Gasteiger charge is 2.27. The maximum absolute atomic E-state index is 12.9. The summed E-state index contributed by atoms with van der Waals surface area (Å²) in [5.41, 5.74) is 3.23. The van der Waals surface area contributed by atoms with Crippen molar-refractivity contribution in [3.63, 3.8) is 0 Å². The lowest BCUT2D eigenvalue weighted by Crippen LogP contribution is -2.43. The van der Waals surface area contributed by atoms with Gasteiger partial charge in [-0.25, -0.2) is 0 Å². The number of carbonyl (C=O) groups excluding carboxylic acids is 1. The van der Waals surface area contributed by atoms with E-state index in [0.29, 0.717) is 6.42 Å². The number of hydrogen-bond acceptors (Lipinski definition) is 4. The molecule has 2 aliphatic rings. The van der Waals surface area contributed by atoms with Crippen molar-refractivity contribution in [2.75, 3.05) is 42.5 Å². The molecule has 5 heteroatoms. The van der Waals surface area contributed by atoms with Crippen LogP contribution in [0.4, 0.5) is 17.1 Å². The van der Waals surface area contributed by atoms with Crippen LogP contribution >= 0.6 is 0 Å². The fourth-order valence-corrected chi connectivity index (χ4v) is 3.98. The van der Waals surface area contributed by atoms with Crippen LogP contribution < -0.4 is 9.80 Å². The summed E-state index contributed by atoms with van der Waals surface area (Å²) < 4.78 is 0. The van der Waals surface area contributed by atoms with Crippen molar-refractivity contribution in [2.24, 2.45) is 0 Å². The molecule has 5 nitrogen and oxygen atoms in total. The number of anilines is 3. The number of rotatable bonds is 4. The zero-order valence-electron chi connectivity index (χ0n) is 15.2. The van der Waals surface area contributed by atoms with Gasteiger partial charge in [-0.1, -0.05) is 18.6 Å². The lowest BCUT2D eigenvalue weighted by molar-refractivity contribution is -0.119. The minimum atomic E-state index is 0.234. The van der Waals surface area contributed by atoms with Crippen LogP contribution in [-0.4, -0.2) is 48.5 Å². The van der Waals surface area contributed by atoms with Crippen LogP contribution in [0.3, 0.4) is 0 Å². The first-order valence-electron chi connectivity index (χ1n) is 9.62. The fourth-order valence-electron chi connectivity index (χ4n) is 3.98. The van der Waals surface area contributed by atoms with Crippen molar-refractivity contribution in [3.05, 3.63) is 48.8 Å². The lowest BCUT2D eigenvalue weighted by Gasteiger charge is -2.38. The van der Waals surface area contributed by atoms with Crippen molar-refractivity contribution in [1.82, 2.24) is 9.88 Å². The van der Waals surface area contributed by atoms with Gasteiger partial charge in [0.15, 0.2) is 0 Å². The molecular weight excluding hydrogens is 324 g/mol. The van der Waals surface area contributed by atoms with Crippen LogP contribution in [0.2, 0.25) is 0 Å². The van der Waals surface area contributed by atoms with Crippen LogP contribution in [0.5, 0.6) is 0 Å². The monoisotopic (exact) mass is 350 g/mol. The molecule has 2 aliphatic heterocycles. The second-order valence-electron chi connectivity index (χ2n) is 7.04. The zero-order chi connectivity index (χ0) is 17.8. The number of pyridine rings is 1. The second-order valence-corrected chi connectivity index (χ2v) is 7.04. The van der Waals surface area contributed by atoms with Gasteiger partial charge in [0, 0.05) is 44.1 Å². The van der Waals surface area contributed by atoms with Crippen LogP contribution in [0, 0.1) is 0 Å². The van der Waals surface area contributed by atoms with Gasteiger partial charge in [-0.2, -0.15) is 0 Å². The Morgan fingerprint density at radius 3 is 2.38 bits per heavy atom. The van der Waals surface area contributed by atoms with E-state index in [4.69, 9.17) is 0 Å². The average molecular weight is 350 g/mol. The quantitative estimate of drug-likeness (QED) is 0.847. The predicted molar refractivity (Wildman–Crippen MR) is 105 cm³/mol. The molecule has 4 rings (SSSR count). The molecule has 0 N–H and O–H groups in total. The number of amides is 1. The van der Waals surface area contributed by atoms with E-state index in [1.165, 1.54) is 19.3 Å². The van der Waals surface area contributed by atoms with Gasteiger partial charge in [0.1, 0.15) is 0 Å². The van der Waals surface area contributed by atoms with Gasteiger partial charge in [0.25, 0.3) is 0 Å². The van der Waals surface area contributed by atoms with Crippen molar-refractivity contribution >= 4 is 23.0 Å². The number of likely N-dealkylation sites (tertiary alicyclic amines) is 1. The summed E-state index contributed by atoms with van der Waals surface area (Å²) in [7, 11) is 0. The smallest absolute Gasteiger partial charge is 0.228 e. The number of fused-ring (bicyclic) bond motifs is 1. The van der Waals surface area contributed by atoms with E-state index in [-0.39, 0.29) is 5.91 Å². The molecule has 0 radical (unpaired) electrons. The Morgan fingerprint density at radius 1 is 0.885 bits per heavy atom. The van der Waals surface area contributed by atoms with Gasteiger partial charge in [0.05, 0.1) is 11.4 Å². The summed E-state index contributed by atoms with van der Waals surface area (Å²) in [4.78, 5) is 23.7. The van der Waals surface area contributed by atoms with Crippen LogP contribution in [0.1, 0.15) is 25.7 Å². The Morgan fingerprint density at radius 2 is 1.62 bits per heavy atom. The minimum Gasteiger partial charge on any atom is -0.338 e. The van der Waals surface area contributed by atoms with Crippen LogP contribution in [0.25, 0.3) is 0 Å². The molecule has 0 aliphatic carbocycles. The number of benzene rings is 1. The first-order valence-corrected chi connectivity index (χ1v) is 9.62. The van der Waals surface area contributed by atoms with Crippen molar-refractivity contribution in [3.8, 4) is 0 Å². The summed E-state index contributed by atoms with van der Waals surface area (Å²) in [6.07, 6.45) is 8.09. The molecule has 0 saturated carbocycles. The molecule has 1 aromatic heterocycles. The third-order valence-electron chi connectivity index (χ3n) is 5.38. The Labute approximate surface area is 155 Å². The van der Waals surface area contributed by atoms with E-state index in [1.807, 2.05) is 41.6 Å². The molecule has 1 fully saturated rings. The molecule has 2 aromatic rings. The summed E-state index contributed by atoms with van der Waals surface area (Å²) in [6.45, 7) is 4.68. The zero-order valence-corrected chi connectivity index (χ0v) is 15.2. The average Bonchev–Trinajstić information content (AvgIpc) is 2.72. The number of carbonyl (C=O) groups is 1. The van der Waals surface area contributed by atoms with E-state index in [1.54, 1.807) is 0 Å². The highest BCUT2D eigenvalue weighted by atomic mass is 16.2. The van der Waals surface area contributed by atoms with Crippen molar-refractivity contribution in [1.29, 1.82) is 0 Å². The topological polar surface area (TPSA) is 39.7 Å². The Hall–Kier alpha value is -2.40. The Bertz CT molecular complexity index is 743. The molecule has 1 aromatic carbocycles. The first kappa shape index (κ1) is 17.0. The molecule has 0 spiro atoms. The molecule has 0 unspecified atom stereocenters. The molecular formula is C21H26N4O. The fraction of sp³-hybridized carbons (Fsp3) is 0.429. The SMILES string of the molecule is O=C(CCN1CCCCC1)N1CCN(c2ccncc2)c2ccccc21. The molecule has 26 heavy (non-hydrogen) atoms. The minimum absolute atomic E-state index is 0.234. The van der Waals surface area contributed by atoms with Gasteiger partial charge >= 0.3 is 0 Å². The molecule has 0 atom stereocenters. The van der Waals surface area contributed by atoms with Crippen molar-refractivity contribution in [2.45, 2.75) is 25.7 Å². The predicted octanol–water partition coefficient (Wildman–Crippen LogP) is 3.44. The summed E-state index contributed by atoms with van der Waals surface area (Å²) in [5, 5.41) is 0. The van der Waals surface area contributed by atoms with E-state index in [9.17, 15) is 4.79 Å². The number of hydrogen-bond donors (Lipinski definition) is 0. The summed E-state index contributed by atoms with van der Waals surface area (Å²) >= 11 is 0. The van der Waals surface area contributed by atoms with E-state index >= 15 is 0 Å². The van der Waals surface area contributed by atoms with Gasteiger partial charge in [-0.15, -0.1) is 0 Å². The number of para-hydroxylation sites is 2. The number of nitrogens with zero attached hydrogens (tertiary/aromatic N) is 4. The number of aromatic nitrogens is 1. The first-order chi connectivity index (χ1) is 12.8. The van der Waals surface area contributed by atoms with E-state index in [2.05, 4.69) is 26.9 Å². The highest BCUT2D eigenvalue weighted by Crippen LogP contribution is 2.37. The molecule has 1 saturated heterocycles. The van der Waals surface area contributed by atoms with Crippen LogP contribution in [0.15, 0.2) is 48.8 Å². The summed E-state index contributed by atoms with van der Waals surface area (Å²) in [5.74, 6) is 0.234. The van der Waals surface area contributed by atoms with Gasteiger partial charge in [-0.05, 0) is 50.2 Å². The Kier molecular flexibility index (Phi) is 5.16. The maximum atomic E-state index is 12.9. The van der Waals surface area contributed by atoms with Gasteiger partial charge < -0.3 is 14.7 Å². The maximum Gasteiger partial charge on any atom is 0.228 e. The third-order valence-corrected chi connectivity index (χ3v) is 5.38. The number of piperidine rings is 1. The largest absolute Gasteiger partial charge is 0.338 e.